The van der Waals surface area contributed by atoms with E-state index in [1.54, 1.807) is 30.5 Å². The molecule has 0 saturated carbocycles. The van der Waals surface area contributed by atoms with E-state index in [9.17, 15) is 4.79 Å². The molecule has 0 atom stereocenters. The summed E-state index contributed by atoms with van der Waals surface area (Å²) in [6.07, 6.45) is 4.89. The molecule has 0 fully saturated rings. The molecule has 3 rings (SSSR count). The molecule has 1 aromatic carbocycles. The number of nitrogens with one attached hydrogen (secondary N) is 1. The summed E-state index contributed by atoms with van der Waals surface area (Å²) in [5, 5.41) is 11.9. The Morgan fingerprint density at radius 1 is 1.14 bits per heavy atom. The molecule has 1 aromatic heterocycles. The smallest absolute Gasteiger partial charge is 0.227 e. The van der Waals surface area contributed by atoms with E-state index >= 15 is 0 Å². The Labute approximate surface area is 122 Å². The largest absolute Gasteiger partial charge is 0.324 e. The molecule has 0 spiro atoms. The Balaban J connectivity index is 1.84. The lowest BCUT2D eigenvalue weighted by molar-refractivity contribution is 0.0981. The van der Waals surface area contributed by atoms with Crippen LogP contribution in [0.15, 0.2) is 30.5 Å². The predicted molar refractivity (Wildman–Crippen MR) is 78.4 cm³/mol. The summed E-state index contributed by atoms with van der Waals surface area (Å²) in [5.74, 6) is 0.612. The van der Waals surface area contributed by atoms with Gasteiger partial charge in [-0.25, -0.2) is 9.97 Å². The number of rotatable bonds is 2. The van der Waals surface area contributed by atoms with Crippen LogP contribution in [0.25, 0.3) is 0 Å². The van der Waals surface area contributed by atoms with Crippen LogP contribution in [-0.2, 0) is 6.42 Å². The number of aryl methyl sites for hydroxylation is 1. The summed E-state index contributed by atoms with van der Waals surface area (Å²) in [6, 6.07) is 9.15. The molecule has 0 amide bonds. The molecule has 1 N–H and O–H groups in total. The predicted octanol–water partition coefficient (Wildman–Crippen LogP) is 3.00. The van der Waals surface area contributed by atoms with Crippen LogP contribution in [0.4, 0.5) is 11.6 Å². The summed E-state index contributed by atoms with van der Waals surface area (Å²) < 4.78 is 0. The summed E-state index contributed by atoms with van der Waals surface area (Å²) in [4.78, 5) is 20.6. The SMILES string of the molecule is N#Cc1ccc(Nc2ncc3c(n2)CCCCC3=O)cc1. The third-order valence-corrected chi connectivity index (χ3v) is 3.51. The number of nitrogens with zero attached hydrogens (tertiary/aromatic N) is 3. The summed E-state index contributed by atoms with van der Waals surface area (Å²) in [7, 11) is 0. The Morgan fingerprint density at radius 3 is 2.67 bits per heavy atom. The fraction of sp³-hybridized carbons (Fsp3) is 0.250. The van der Waals surface area contributed by atoms with Crippen LogP contribution in [0.3, 0.4) is 0 Å². The zero-order valence-electron chi connectivity index (χ0n) is 11.5. The molecule has 0 unspecified atom stereocenters. The van der Waals surface area contributed by atoms with Gasteiger partial charge in [-0.05, 0) is 43.5 Å². The molecule has 5 nitrogen and oxygen atoms in total. The van der Waals surface area contributed by atoms with E-state index in [0.717, 1.165) is 30.6 Å². The first-order chi connectivity index (χ1) is 10.3. The second kappa shape index (κ2) is 5.71. The lowest BCUT2D eigenvalue weighted by Gasteiger charge is -2.08. The molecule has 0 bridgehead atoms. The van der Waals surface area contributed by atoms with Gasteiger partial charge < -0.3 is 5.32 Å². The molecule has 1 heterocycles. The van der Waals surface area contributed by atoms with Crippen LogP contribution in [0.1, 0.15) is 40.9 Å². The van der Waals surface area contributed by atoms with Crippen molar-refractivity contribution in [3.63, 3.8) is 0 Å². The molecule has 2 aromatic rings. The highest BCUT2D eigenvalue weighted by molar-refractivity contribution is 5.97. The van der Waals surface area contributed by atoms with Gasteiger partial charge in [0.1, 0.15) is 0 Å². The molecular formula is C16H14N4O. The van der Waals surface area contributed by atoms with E-state index in [-0.39, 0.29) is 5.78 Å². The van der Waals surface area contributed by atoms with Gasteiger partial charge >= 0.3 is 0 Å². The van der Waals surface area contributed by atoms with Crippen molar-refractivity contribution in [1.82, 2.24) is 9.97 Å². The number of Topliss-reactive ketones (excluding diaryl/α,β-unsaturated/α-hetero) is 1. The normalized spacial score (nSPS) is 14.0. The number of ketones is 1. The third kappa shape index (κ3) is 2.90. The molecule has 0 saturated heterocycles. The quantitative estimate of drug-likeness (QED) is 0.854. The molecule has 0 aliphatic heterocycles. The van der Waals surface area contributed by atoms with Crippen molar-refractivity contribution in [3.8, 4) is 6.07 Å². The second-order valence-corrected chi connectivity index (χ2v) is 5.00. The fourth-order valence-corrected chi connectivity index (χ4v) is 2.37. The summed E-state index contributed by atoms with van der Waals surface area (Å²) in [5.41, 5.74) is 2.89. The van der Waals surface area contributed by atoms with Crippen LogP contribution in [0.2, 0.25) is 0 Å². The average molecular weight is 278 g/mol. The van der Waals surface area contributed by atoms with E-state index in [1.807, 2.05) is 0 Å². The van der Waals surface area contributed by atoms with E-state index in [1.165, 1.54) is 0 Å². The highest BCUT2D eigenvalue weighted by Gasteiger charge is 2.17. The van der Waals surface area contributed by atoms with E-state index in [2.05, 4.69) is 21.4 Å². The number of anilines is 2. The standard InChI is InChI=1S/C16H14N4O/c17-9-11-5-7-12(8-6-11)19-16-18-10-13-14(20-16)3-1-2-4-15(13)21/h5-8,10H,1-4H2,(H,18,19,20). The van der Waals surface area contributed by atoms with Gasteiger partial charge in [0.05, 0.1) is 22.9 Å². The zero-order valence-corrected chi connectivity index (χ0v) is 11.5. The number of carbonyl (C=O) groups is 1. The maximum absolute atomic E-state index is 11.9. The van der Waals surface area contributed by atoms with Crippen molar-refractivity contribution >= 4 is 17.4 Å². The van der Waals surface area contributed by atoms with Crippen LogP contribution in [-0.4, -0.2) is 15.8 Å². The number of aromatic nitrogens is 2. The molecule has 104 valence electrons. The van der Waals surface area contributed by atoms with Crippen LogP contribution in [0, 0.1) is 11.3 Å². The van der Waals surface area contributed by atoms with Crippen molar-refractivity contribution < 1.29 is 4.79 Å². The molecule has 5 heteroatoms. The zero-order chi connectivity index (χ0) is 14.7. The molecule has 1 aliphatic rings. The number of nitriles is 1. The van der Waals surface area contributed by atoms with Crippen molar-refractivity contribution in [2.24, 2.45) is 0 Å². The summed E-state index contributed by atoms with van der Waals surface area (Å²) in [6.45, 7) is 0. The van der Waals surface area contributed by atoms with Gasteiger partial charge in [0.25, 0.3) is 0 Å². The van der Waals surface area contributed by atoms with E-state index in [4.69, 9.17) is 5.26 Å². The van der Waals surface area contributed by atoms with Gasteiger partial charge in [-0.15, -0.1) is 0 Å². The first-order valence-electron chi connectivity index (χ1n) is 6.92. The first kappa shape index (κ1) is 13.3. The minimum absolute atomic E-state index is 0.132. The number of fused-ring (bicyclic) bond motifs is 1. The highest BCUT2D eigenvalue weighted by Crippen LogP contribution is 2.21. The minimum atomic E-state index is 0.132. The Kier molecular flexibility index (Phi) is 3.61. The van der Waals surface area contributed by atoms with Crippen LogP contribution >= 0.6 is 0 Å². The van der Waals surface area contributed by atoms with Crippen LogP contribution in [0.5, 0.6) is 0 Å². The van der Waals surface area contributed by atoms with Gasteiger partial charge in [0, 0.05) is 18.3 Å². The molecular weight excluding hydrogens is 264 g/mol. The number of hydrogen-bond donors (Lipinski definition) is 1. The highest BCUT2D eigenvalue weighted by atomic mass is 16.1. The Bertz CT molecular complexity index is 716. The van der Waals surface area contributed by atoms with Crippen LogP contribution < -0.4 is 5.32 Å². The van der Waals surface area contributed by atoms with Gasteiger partial charge in [-0.3, -0.25) is 4.79 Å². The molecule has 1 aliphatic carbocycles. The van der Waals surface area contributed by atoms with Crippen molar-refractivity contribution in [1.29, 1.82) is 5.26 Å². The average Bonchev–Trinajstić information content (AvgIpc) is 2.70. The Hall–Kier alpha value is -2.74. The van der Waals surface area contributed by atoms with Gasteiger partial charge in [0.15, 0.2) is 5.78 Å². The lowest BCUT2D eigenvalue weighted by atomic mass is 10.1. The Morgan fingerprint density at radius 2 is 1.90 bits per heavy atom. The molecule has 21 heavy (non-hydrogen) atoms. The second-order valence-electron chi connectivity index (χ2n) is 5.00. The maximum atomic E-state index is 11.9. The first-order valence-corrected chi connectivity index (χ1v) is 6.92. The van der Waals surface area contributed by atoms with Crippen molar-refractivity contribution in [2.75, 3.05) is 5.32 Å². The van der Waals surface area contributed by atoms with Gasteiger partial charge in [-0.1, -0.05) is 0 Å². The monoisotopic (exact) mass is 278 g/mol. The minimum Gasteiger partial charge on any atom is -0.324 e. The maximum Gasteiger partial charge on any atom is 0.227 e. The lowest BCUT2D eigenvalue weighted by Crippen LogP contribution is -2.06. The summed E-state index contributed by atoms with van der Waals surface area (Å²) >= 11 is 0. The van der Waals surface area contributed by atoms with E-state index in [0.29, 0.717) is 23.5 Å². The fourth-order valence-electron chi connectivity index (χ4n) is 2.37. The molecule has 0 radical (unpaired) electrons. The van der Waals surface area contributed by atoms with Crippen molar-refractivity contribution in [2.45, 2.75) is 25.7 Å². The number of hydrogen-bond acceptors (Lipinski definition) is 5. The number of benzene rings is 1. The topological polar surface area (TPSA) is 78.7 Å². The third-order valence-electron chi connectivity index (χ3n) is 3.51. The van der Waals surface area contributed by atoms with Gasteiger partial charge in [-0.2, -0.15) is 5.26 Å². The number of carbonyl (C=O) groups excluding carboxylic acids is 1. The van der Waals surface area contributed by atoms with Crippen molar-refractivity contribution in [3.05, 3.63) is 47.3 Å². The van der Waals surface area contributed by atoms with Gasteiger partial charge in [0.2, 0.25) is 5.95 Å². The van der Waals surface area contributed by atoms with E-state index < -0.39 is 0 Å².